The van der Waals surface area contributed by atoms with Gasteiger partial charge >= 0.3 is 0 Å². The van der Waals surface area contributed by atoms with Crippen LogP contribution < -0.4 is 10.6 Å². The molecule has 0 spiro atoms. The number of benzene rings is 1. The molecule has 4 rings (SSSR count). The van der Waals surface area contributed by atoms with Crippen LogP contribution in [0, 0.1) is 0 Å². The lowest BCUT2D eigenvalue weighted by atomic mass is 9.79. The van der Waals surface area contributed by atoms with Gasteiger partial charge in [0.05, 0.1) is 22.9 Å². The highest BCUT2D eigenvalue weighted by Gasteiger charge is 2.52. The van der Waals surface area contributed by atoms with E-state index in [2.05, 4.69) is 22.5 Å². The fraction of sp³-hybridized carbons (Fsp3) is 0.458. The summed E-state index contributed by atoms with van der Waals surface area (Å²) >= 11 is 6.21. The lowest BCUT2D eigenvalue weighted by Crippen LogP contribution is -2.70. The third-order valence-corrected chi connectivity index (χ3v) is 9.32. The van der Waals surface area contributed by atoms with E-state index in [0.29, 0.717) is 5.69 Å². The van der Waals surface area contributed by atoms with E-state index in [9.17, 15) is 23.1 Å². The van der Waals surface area contributed by atoms with Gasteiger partial charge in [0.25, 0.3) is 0 Å². The summed E-state index contributed by atoms with van der Waals surface area (Å²) in [6.45, 7) is 2.02. The molecule has 11 heteroatoms. The number of nitrogens with zero attached hydrogens (tertiary/aromatic N) is 2. The second-order valence-corrected chi connectivity index (χ2v) is 11.6. The van der Waals surface area contributed by atoms with Crippen LogP contribution in [-0.4, -0.2) is 59.1 Å². The number of sulfonamides is 1. The lowest BCUT2D eigenvalue weighted by Gasteiger charge is -2.41. The third-order valence-electron chi connectivity index (χ3n) is 7.01. The molecule has 2 atom stereocenters. The van der Waals surface area contributed by atoms with Gasteiger partial charge in [0.15, 0.2) is 5.75 Å². The van der Waals surface area contributed by atoms with Crippen molar-refractivity contribution in [3.05, 3.63) is 47.2 Å². The summed E-state index contributed by atoms with van der Waals surface area (Å²) in [4.78, 5) is 28.5. The summed E-state index contributed by atoms with van der Waals surface area (Å²) in [6.07, 6.45) is 6.34. The summed E-state index contributed by atoms with van der Waals surface area (Å²) in [5.41, 5.74) is 0.327. The Balaban J connectivity index is 1.58. The molecule has 0 amide bonds. The largest absolute Gasteiger partial charge is 0.504 e. The van der Waals surface area contributed by atoms with Crippen LogP contribution in [0.1, 0.15) is 44.7 Å². The maximum Gasteiger partial charge on any atom is 0.248 e. The molecule has 2 aliphatic rings. The van der Waals surface area contributed by atoms with Crippen LogP contribution >= 0.6 is 11.6 Å². The van der Waals surface area contributed by atoms with Crippen molar-refractivity contribution < 1.29 is 23.1 Å². The zero-order chi connectivity index (χ0) is 25.4. The van der Waals surface area contributed by atoms with Gasteiger partial charge in [-0.3, -0.25) is 19.9 Å². The first kappa shape index (κ1) is 25.6. The summed E-state index contributed by atoms with van der Waals surface area (Å²) < 4.78 is 27.6. The number of phenols is 1. The Kier molecular flexibility index (Phi) is 7.19. The number of rotatable bonds is 9. The quantitative estimate of drug-likeness (QED) is 0.340. The molecule has 2 fully saturated rings. The SMILES string of the molecule is CCC1(NC2C(=O)C(=O)C2Nc2ccc(Cl)c(S(=O)(=O)N(C)Cc3ccccn3)c2O)CCCC1. The van der Waals surface area contributed by atoms with Crippen molar-refractivity contribution in [1.82, 2.24) is 14.6 Å². The van der Waals surface area contributed by atoms with E-state index in [1.54, 1.807) is 24.4 Å². The summed E-state index contributed by atoms with van der Waals surface area (Å²) in [5.74, 6) is -1.74. The normalized spacial score (nSPS) is 21.8. The number of pyridine rings is 1. The second-order valence-electron chi connectivity index (χ2n) is 9.17. The molecule has 0 radical (unpaired) electrons. The number of ketones is 2. The third kappa shape index (κ3) is 4.80. The number of nitrogens with one attached hydrogen (secondary N) is 2. The first-order valence-corrected chi connectivity index (χ1v) is 13.4. The van der Waals surface area contributed by atoms with Crippen molar-refractivity contribution in [2.24, 2.45) is 0 Å². The Morgan fingerprint density at radius 3 is 2.46 bits per heavy atom. The second kappa shape index (κ2) is 9.85. The van der Waals surface area contributed by atoms with Crippen LogP contribution in [0.5, 0.6) is 5.75 Å². The Labute approximate surface area is 209 Å². The van der Waals surface area contributed by atoms with Crippen molar-refractivity contribution in [2.45, 2.75) is 68.1 Å². The van der Waals surface area contributed by atoms with Crippen LogP contribution in [0.2, 0.25) is 5.02 Å². The summed E-state index contributed by atoms with van der Waals surface area (Å²) in [5, 5.41) is 17.0. The summed E-state index contributed by atoms with van der Waals surface area (Å²) in [7, 11) is -2.85. The minimum atomic E-state index is -4.21. The number of carbonyl (C=O) groups is 2. The molecule has 0 aliphatic heterocycles. The highest BCUT2D eigenvalue weighted by atomic mass is 35.5. The Morgan fingerprint density at radius 1 is 1.14 bits per heavy atom. The van der Waals surface area contributed by atoms with Crippen molar-refractivity contribution in [1.29, 1.82) is 0 Å². The number of Topliss-reactive ketones (excluding diaryl/α,β-unsaturated/α-hetero) is 2. The zero-order valence-corrected chi connectivity index (χ0v) is 21.2. The van der Waals surface area contributed by atoms with Crippen molar-refractivity contribution in [2.75, 3.05) is 12.4 Å². The molecule has 1 heterocycles. The van der Waals surface area contributed by atoms with Gasteiger partial charge in [-0.25, -0.2) is 8.42 Å². The Hall–Kier alpha value is -2.53. The van der Waals surface area contributed by atoms with Gasteiger partial charge in [0.1, 0.15) is 17.0 Å². The van der Waals surface area contributed by atoms with Gasteiger partial charge in [-0.1, -0.05) is 37.4 Å². The van der Waals surface area contributed by atoms with E-state index in [1.807, 2.05) is 0 Å². The Bertz CT molecular complexity index is 1230. The molecular formula is C24H29ClN4O5S. The molecule has 2 aromatic rings. The van der Waals surface area contributed by atoms with Crippen LogP contribution in [-0.2, 0) is 26.2 Å². The number of halogens is 1. The fourth-order valence-electron chi connectivity index (χ4n) is 4.83. The molecule has 2 aliphatic carbocycles. The number of hydrogen-bond acceptors (Lipinski definition) is 8. The predicted octanol–water partition coefficient (Wildman–Crippen LogP) is 2.87. The van der Waals surface area contributed by atoms with E-state index < -0.39 is 44.3 Å². The highest BCUT2D eigenvalue weighted by molar-refractivity contribution is 7.89. The smallest absolute Gasteiger partial charge is 0.248 e. The average molecular weight is 521 g/mol. The van der Waals surface area contributed by atoms with Crippen LogP contribution in [0.3, 0.4) is 0 Å². The van der Waals surface area contributed by atoms with Crippen molar-refractivity contribution in [3.63, 3.8) is 0 Å². The molecule has 2 saturated carbocycles. The number of phenolic OH excluding ortho intramolecular Hbond substituents is 1. The lowest BCUT2D eigenvalue weighted by molar-refractivity contribution is -0.146. The molecule has 3 N–H and O–H groups in total. The van der Waals surface area contributed by atoms with Gasteiger partial charge in [-0.15, -0.1) is 0 Å². The maximum absolute atomic E-state index is 13.3. The number of hydrogen-bond donors (Lipinski definition) is 3. The molecule has 1 aromatic heterocycles. The standard InChI is InChI=1S/C24H29ClN4O5S/c1-3-24(11-5-6-12-24)28-19-18(21(31)22(19)32)27-17-10-9-16(25)23(20(17)30)35(33,34)29(2)14-15-8-4-7-13-26-15/h4,7-10,13,18-19,27-28,30H,3,5-6,11-12,14H2,1-2H3. The number of aromatic nitrogens is 1. The molecule has 0 bridgehead atoms. The van der Waals surface area contributed by atoms with E-state index in [-0.39, 0.29) is 22.8 Å². The topological polar surface area (TPSA) is 129 Å². The van der Waals surface area contributed by atoms with Gasteiger partial charge in [-0.2, -0.15) is 4.31 Å². The van der Waals surface area contributed by atoms with Crippen molar-refractivity contribution >= 4 is 38.9 Å². The molecular weight excluding hydrogens is 492 g/mol. The highest BCUT2D eigenvalue weighted by Crippen LogP contribution is 2.40. The summed E-state index contributed by atoms with van der Waals surface area (Å²) in [6, 6.07) is 6.22. The molecule has 35 heavy (non-hydrogen) atoms. The minimum Gasteiger partial charge on any atom is -0.504 e. The number of carbonyl (C=O) groups excluding carboxylic acids is 2. The number of aromatic hydroxyl groups is 1. The molecule has 9 nitrogen and oxygen atoms in total. The number of anilines is 1. The van der Waals surface area contributed by atoms with Crippen LogP contribution in [0.25, 0.3) is 0 Å². The van der Waals surface area contributed by atoms with E-state index in [4.69, 9.17) is 11.6 Å². The zero-order valence-electron chi connectivity index (χ0n) is 19.6. The Morgan fingerprint density at radius 2 is 1.83 bits per heavy atom. The van der Waals surface area contributed by atoms with Crippen molar-refractivity contribution in [3.8, 4) is 5.75 Å². The predicted molar refractivity (Wildman–Crippen MR) is 132 cm³/mol. The van der Waals surface area contributed by atoms with E-state index >= 15 is 0 Å². The van der Waals surface area contributed by atoms with Crippen LogP contribution in [0.4, 0.5) is 5.69 Å². The molecule has 188 valence electrons. The van der Waals surface area contributed by atoms with Gasteiger partial charge < -0.3 is 10.4 Å². The van der Waals surface area contributed by atoms with Gasteiger partial charge in [-0.05, 0) is 43.5 Å². The van der Waals surface area contributed by atoms with E-state index in [0.717, 1.165) is 36.4 Å². The minimum absolute atomic E-state index is 0.00818. The molecule has 2 unspecified atom stereocenters. The molecule has 0 saturated heterocycles. The van der Waals surface area contributed by atoms with Gasteiger partial charge in [0.2, 0.25) is 21.6 Å². The maximum atomic E-state index is 13.3. The molecule has 1 aromatic carbocycles. The first-order valence-electron chi connectivity index (χ1n) is 11.6. The van der Waals surface area contributed by atoms with Crippen LogP contribution in [0.15, 0.2) is 41.4 Å². The first-order chi connectivity index (χ1) is 16.6. The van der Waals surface area contributed by atoms with E-state index in [1.165, 1.54) is 19.2 Å². The van der Waals surface area contributed by atoms with Gasteiger partial charge in [0, 0.05) is 18.8 Å². The monoisotopic (exact) mass is 520 g/mol. The fourth-order valence-corrected chi connectivity index (χ4v) is 6.56. The average Bonchev–Trinajstić information content (AvgIpc) is 3.32.